The van der Waals surface area contributed by atoms with Crippen LogP contribution in [0.1, 0.15) is 19.4 Å². The van der Waals surface area contributed by atoms with Crippen LogP contribution >= 0.6 is 11.6 Å². The van der Waals surface area contributed by atoms with Crippen molar-refractivity contribution in [3.63, 3.8) is 0 Å². The van der Waals surface area contributed by atoms with E-state index in [1.165, 1.54) is 0 Å². The summed E-state index contributed by atoms with van der Waals surface area (Å²) >= 11 is 6.08. The molecule has 0 bridgehead atoms. The average Bonchev–Trinajstić information content (AvgIpc) is 2.21. The van der Waals surface area contributed by atoms with Crippen LogP contribution in [0, 0.1) is 6.92 Å². The van der Waals surface area contributed by atoms with E-state index in [-0.39, 0.29) is 5.91 Å². The van der Waals surface area contributed by atoms with Crippen LogP contribution in [-0.4, -0.2) is 18.5 Å². The highest BCUT2D eigenvalue weighted by molar-refractivity contribution is 6.32. The number of carbonyl (C=O) groups excluding carboxylic acids is 1. The first-order valence-electron chi connectivity index (χ1n) is 5.20. The van der Waals surface area contributed by atoms with Gasteiger partial charge in [-0.15, -0.1) is 0 Å². The summed E-state index contributed by atoms with van der Waals surface area (Å²) in [5, 5.41) is 3.96. The molecule has 3 nitrogen and oxygen atoms in total. The van der Waals surface area contributed by atoms with E-state index in [0.29, 0.717) is 5.02 Å². The van der Waals surface area contributed by atoms with Crippen molar-refractivity contribution in [1.29, 1.82) is 0 Å². The molecule has 1 aliphatic rings. The van der Waals surface area contributed by atoms with E-state index >= 15 is 0 Å². The summed E-state index contributed by atoms with van der Waals surface area (Å²) in [6.45, 7) is 5.69. The van der Waals surface area contributed by atoms with Crippen LogP contribution in [0.15, 0.2) is 12.1 Å². The summed E-state index contributed by atoms with van der Waals surface area (Å²) in [5.41, 5.74) is 2.22. The Bertz CT molecular complexity index is 468. The molecule has 0 aromatic heterocycles. The van der Waals surface area contributed by atoms with Gasteiger partial charge in [-0.25, -0.2) is 0 Å². The lowest BCUT2D eigenvalue weighted by Crippen LogP contribution is -2.52. The molecule has 1 heterocycles. The maximum absolute atomic E-state index is 12.0. The lowest BCUT2D eigenvalue weighted by molar-refractivity contribution is -0.121. The monoisotopic (exact) mass is 238 g/mol. The largest absolute Gasteiger partial charge is 0.370 e. The summed E-state index contributed by atoms with van der Waals surface area (Å²) in [5.74, 6) is 0.0572. The predicted octanol–water partition coefficient (Wildman–Crippen LogP) is 2.82. The first kappa shape index (κ1) is 11.3. The fourth-order valence-corrected chi connectivity index (χ4v) is 2.16. The number of nitrogens with one attached hydrogen (secondary N) is 1. The number of carbonyl (C=O) groups is 1. The minimum Gasteiger partial charge on any atom is -0.370 e. The molecule has 0 radical (unpaired) electrons. The van der Waals surface area contributed by atoms with Gasteiger partial charge in [0.25, 0.3) is 5.91 Å². The molecular weight excluding hydrogens is 224 g/mol. The van der Waals surface area contributed by atoms with E-state index in [9.17, 15) is 4.79 Å². The third-order valence-electron chi connectivity index (χ3n) is 3.02. The zero-order chi connectivity index (χ0) is 12.1. The third-order valence-corrected chi connectivity index (χ3v) is 3.42. The van der Waals surface area contributed by atoms with E-state index in [1.54, 1.807) is 11.9 Å². The number of halogens is 1. The van der Waals surface area contributed by atoms with Crippen LogP contribution < -0.4 is 10.2 Å². The molecule has 1 amide bonds. The maximum atomic E-state index is 12.0. The summed E-state index contributed by atoms with van der Waals surface area (Å²) in [6.07, 6.45) is 0. The van der Waals surface area contributed by atoms with Gasteiger partial charge < -0.3 is 10.2 Å². The van der Waals surface area contributed by atoms with Gasteiger partial charge in [-0.05, 0) is 38.5 Å². The summed E-state index contributed by atoms with van der Waals surface area (Å²) in [4.78, 5) is 13.7. The van der Waals surface area contributed by atoms with E-state index in [1.807, 2.05) is 32.9 Å². The van der Waals surface area contributed by atoms with Crippen LogP contribution in [0.25, 0.3) is 0 Å². The van der Waals surface area contributed by atoms with Crippen molar-refractivity contribution >= 4 is 28.9 Å². The number of amides is 1. The summed E-state index contributed by atoms with van der Waals surface area (Å²) in [7, 11) is 1.79. The zero-order valence-corrected chi connectivity index (χ0v) is 10.6. The van der Waals surface area contributed by atoms with Gasteiger partial charge in [0.2, 0.25) is 0 Å². The topological polar surface area (TPSA) is 32.3 Å². The van der Waals surface area contributed by atoms with Gasteiger partial charge in [0, 0.05) is 12.1 Å². The van der Waals surface area contributed by atoms with Gasteiger partial charge in [0.05, 0.1) is 11.4 Å². The molecule has 0 fully saturated rings. The number of nitrogens with zero attached hydrogens (tertiary/aromatic N) is 1. The van der Waals surface area contributed by atoms with Crippen molar-refractivity contribution in [2.45, 2.75) is 26.3 Å². The Labute approximate surface area is 100 Å². The quantitative estimate of drug-likeness (QED) is 0.754. The van der Waals surface area contributed by atoms with Crippen molar-refractivity contribution in [1.82, 2.24) is 0 Å². The lowest BCUT2D eigenvalue weighted by atomic mass is 9.97. The van der Waals surface area contributed by atoms with Crippen molar-refractivity contribution < 1.29 is 4.79 Å². The highest BCUT2D eigenvalue weighted by atomic mass is 35.5. The van der Waals surface area contributed by atoms with Crippen LogP contribution in [-0.2, 0) is 4.79 Å². The Balaban J connectivity index is 2.64. The Morgan fingerprint density at radius 3 is 2.62 bits per heavy atom. The van der Waals surface area contributed by atoms with Gasteiger partial charge in [-0.2, -0.15) is 0 Å². The van der Waals surface area contributed by atoms with Crippen LogP contribution in [0.4, 0.5) is 11.4 Å². The molecule has 0 saturated heterocycles. The highest BCUT2D eigenvalue weighted by Crippen LogP contribution is 2.39. The molecule has 0 unspecified atom stereocenters. The summed E-state index contributed by atoms with van der Waals surface area (Å²) < 4.78 is 0. The molecule has 4 heteroatoms. The van der Waals surface area contributed by atoms with E-state index in [4.69, 9.17) is 11.6 Å². The number of likely N-dealkylation sites (N-methyl/N-ethyl adjacent to an activating group) is 1. The van der Waals surface area contributed by atoms with Crippen LogP contribution in [0.2, 0.25) is 5.02 Å². The number of hydrogen-bond acceptors (Lipinski definition) is 2. The van der Waals surface area contributed by atoms with E-state index < -0.39 is 5.54 Å². The van der Waals surface area contributed by atoms with Gasteiger partial charge in [0.1, 0.15) is 5.54 Å². The van der Waals surface area contributed by atoms with E-state index in [0.717, 1.165) is 16.9 Å². The second-order valence-electron chi connectivity index (χ2n) is 4.68. The SMILES string of the molecule is Cc1c(Cl)ccc2c1NC(C)(C)C(=O)N2C. The van der Waals surface area contributed by atoms with Crippen LogP contribution in [0.5, 0.6) is 0 Å². The van der Waals surface area contributed by atoms with Gasteiger partial charge in [0.15, 0.2) is 0 Å². The first-order valence-corrected chi connectivity index (χ1v) is 5.58. The number of hydrogen-bond donors (Lipinski definition) is 1. The Morgan fingerprint density at radius 2 is 2.00 bits per heavy atom. The van der Waals surface area contributed by atoms with Crippen molar-refractivity contribution in [2.75, 3.05) is 17.3 Å². The molecule has 0 spiro atoms. The minimum absolute atomic E-state index is 0.0572. The average molecular weight is 239 g/mol. The third kappa shape index (κ3) is 1.47. The molecule has 1 aromatic rings. The highest BCUT2D eigenvalue weighted by Gasteiger charge is 2.37. The van der Waals surface area contributed by atoms with Crippen LogP contribution in [0.3, 0.4) is 0 Å². The maximum Gasteiger partial charge on any atom is 0.251 e. The zero-order valence-electron chi connectivity index (χ0n) is 9.89. The van der Waals surface area contributed by atoms with Gasteiger partial charge >= 0.3 is 0 Å². The molecule has 0 aliphatic carbocycles. The van der Waals surface area contributed by atoms with Crippen molar-refractivity contribution in [2.24, 2.45) is 0 Å². The molecule has 2 rings (SSSR count). The molecule has 1 aliphatic heterocycles. The fraction of sp³-hybridized carbons (Fsp3) is 0.417. The normalized spacial score (nSPS) is 18.1. The number of anilines is 2. The number of benzene rings is 1. The second kappa shape index (κ2) is 3.39. The number of fused-ring (bicyclic) bond motifs is 1. The number of rotatable bonds is 0. The Morgan fingerprint density at radius 1 is 1.38 bits per heavy atom. The molecule has 0 atom stereocenters. The van der Waals surface area contributed by atoms with Crippen molar-refractivity contribution in [3.05, 3.63) is 22.7 Å². The second-order valence-corrected chi connectivity index (χ2v) is 5.09. The van der Waals surface area contributed by atoms with Gasteiger partial charge in [-0.3, -0.25) is 4.79 Å². The smallest absolute Gasteiger partial charge is 0.251 e. The van der Waals surface area contributed by atoms with E-state index in [2.05, 4.69) is 5.32 Å². The predicted molar refractivity (Wildman–Crippen MR) is 67.3 cm³/mol. The standard InChI is InChI=1S/C12H15ClN2O/c1-7-8(13)5-6-9-10(7)14-12(2,3)11(16)15(9)4/h5-6,14H,1-4H3. The molecule has 1 N–H and O–H groups in total. The molecular formula is C12H15ClN2O. The Kier molecular flexibility index (Phi) is 2.39. The first-order chi connectivity index (χ1) is 7.34. The molecule has 86 valence electrons. The Hall–Kier alpha value is -1.22. The minimum atomic E-state index is -0.586. The molecule has 16 heavy (non-hydrogen) atoms. The molecule has 1 aromatic carbocycles. The van der Waals surface area contributed by atoms with Crippen molar-refractivity contribution in [3.8, 4) is 0 Å². The van der Waals surface area contributed by atoms with Gasteiger partial charge in [-0.1, -0.05) is 11.6 Å². The molecule has 0 saturated carbocycles. The lowest BCUT2D eigenvalue weighted by Gasteiger charge is -2.39. The summed E-state index contributed by atoms with van der Waals surface area (Å²) in [6, 6.07) is 3.68. The fourth-order valence-electron chi connectivity index (χ4n) is 2.00.